The molecule has 0 N–H and O–H groups in total. The number of ether oxygens (including phenoxy) is 2. The van der Waals surface area contributed by atoms with Gasteiger partial charge >= 0.3 is 5.97 Å². The van der Waals surface area contributed by atoms with E-state index in [1.54, 1.807) is 0 Å². The lowest BCUT2D eigenvalue weighted by molar-refractivity contribution is -0.143. The maximum absolute atomic E-state index is 11.6. The first-order chi connectivity index (χ1) is 13.5. The van der Waals surface area contributed by atoms with Gasteiger partial charge in [-0.3, -0.25) is 4.79 Å². The van der Waals surface area contributed by atoms with E-state index in [0.717, 1.165) is 34.4 Å². The highest BCUT2D eigenvalue weighted by atomic mass is 16.5. The van der Waals surface area contributed by atoms with Crippen LogP contribution in [0.1, 0.15) is 55.5 Å². The molecule has 0 aromatic heterocycles. The Morgan fingerprint density at radius 1 is 1.14 bits per heavy atom. The molecule has 0 fully saturated rings. The summed E-state index contributed by atoms with van der Waals surface area (Å²) in [4.78, 5) is 14.5. The van der Waals surface area contributed by atoms with Gasteiger partial charge < -0.3 is 9.47 Å². The molecule has 0 aliphatic rings. The quantitative estimate of drug-likeness (QED) is 0.224. The fraction of sp³-hybridized carbons (Fsp3) is 0.409. The summed E-state index contributed by atoms with van der Waals surface area (Å²) in [7, 11) is 0. The van der Waals surface area contributed by atoms with Gasteiger partial charge in [0.05, 0.1) is 12.6 Å². The number of carbonyl (C=O) groups excluding carboxylic acids is 1. The standard InChI is InChI=1S/C22H27N3O3/c1-5-17-13-20(9-7-18(17)8-10-22(26)27-6-2)28-21-12-15(3)11-19(14-21)16(4)24-25-23/h7,9,11-14,16H,5-6,8,10H2,1-4H3. The zero-order chi connectivity index (χ0) is 20.5. The maximum Gasteiger partial charge on any atom is 0.306 e. The summed E-state index contributed by atoms with van der Waals surface area (Å²) in [5.74, 6) is 1.27. The van der Waals surface area contributed by atoms with Crippen molar-refractivity contribution in [2.75, 3.05) is 6.61 Å². The molecule has 0 heterocycles. The first-order valence-corrected chi connectivity index (χ1v) is 9.57. The number of esters is 1. The molecule has 0 saturated carbocycles. The summed E-state index contributed by atoms with van der Waals surface area (Å²) in [5.41, 5.74) is 12.9. The van der Waals surface area contributed by atoms with Crippen LogP contribution in [0.5, 0.6) is 11.5 Å². The van der Waals surface area contributed by atoms with Gasteiger partial charge in [-0.1, -0.05) is 31.1 Å². The predicted octanol–water partition coefficient (Wildman–Crippen LogP) is 6.22. The van der Waals surface area contributed by atoms with Crippen LogP contribution in [0, 0.1) is 6.92 Å². The number of hydrogen-bond donors (Lipinski definition) is 0. The minimum absolute atomic E-state index is 0.175. The van der Waals surface area contributed by atoms with Gasteiger partial charge in [0.15, 0.2) is 0 Å². The van der Waals surface area contributed by atoms with Crippen molar-refractivity contribution in [3.05, 3.63) is 69.1 Å². The zero-order valence-corrected chi connectivity index (χ0v) is 16.9. The van der Waals surface area contributed by atoms with E-state index in [2.05, 4.69) is 16.9 Å². The van der Waals surface area contributed by atoms with Gasteiger partial charge in [0, 0.05) is 11.3 Å². The molecular formula is C22H27N3O3. The molecule has 0 saturated heterocycles. The van der Waals surface area contributed by atoms with Crippen molar-refractivity contribution in [3.63, 3.8) is 0 Å². The fourth-order valence-electron chi connectivity index (χ4n) is 3.07. The van der Waals surface area contributed by atoms with Gasteiger partial charge in [0.2, 0.25) is 0 Å². The van der Waals surface area contributed by atoms with Crippen LogP contribution in [-0.4, -0.2) is 12.6 Å². The Bertz CT molecular complexity index is 873. The summed E-state index contributed by atoms with van der Waals surface area (Å²) in [6.45, 7) is 8.13. The normalized spacial score (nSPS) is 11.4. The van der Waals surface area contributed by atoms with E-state index >= 15 is 0 Å². The van der Waals surface area contributed by atoms with Crippen LogP contribution in [0.2, 0.25) is 0 Å². The molecule has 6 heteroatoms. The Morgan fingerprint density at radius 3 is 2.61 bits per heavy atom. The second kappa shape index (κ2) is 10.4. The SMILES string of the molecule is CCOC(=O)CCc1ccc(Oc2cc(C)cc(C(C)N=[N+]=[N-])c2)cc1CC. The van der Waals surface area contributed by atoms with Crippen molar-refractivity contribution in [1.82, 2.24) is 0 Å². The smallest absolute Gasteiger partial charge is 0.306 e. The Hall–Kier alpha value is -2.98. The number of carbonyl (C=O) groups is 1. The summed E-state index contributed by atoms with van der Waals surface area (Å²) in [5, 5.41) is 3.76. The van der Waals surface area contributed by atoms with Gasteiger partial charge in [-0.15, -0.1) is 0 Å². The highest BCUT2D eigenvalue weighted by Crippen LogP contribution is 2.29. The van der Waals surface area contributed by atoms with Crippen molar-refractivity contribution in [1.29, 1.82) is 0 Å². The number of hydrogen-bond acceptors (Lipinski definition) is 4. The Labute approximate surface area is 166 Å². The average Bonchev–Trinajstić information content (AvgIpc) is 2.66. The third-order valence-electron chi connectivity index (χ3n) is 4.48. The lowest BCUT2D eigenvalue weighted by atomic mass is 10.0. The molecule has 28 heavy (non-hydrogen) atoms. The van der Waals surface area contributed by atoms with Crippen LogP contribution in [-0.2, 0) is 22.4 Å². The van der Waals surface area contributed by atoms with Crippen LogP contribution in [0.4, 0.5) is 0 Å². The average molecular weight is 381 g/mol. The molecule has 0 spiro atoms. The number of azide groups is 1. The van der Waals surface area contributed by atoms with Crippen molar-refractivity contribution < 1.29 is 14.3 Å². The summed E-state index contributed by atoms with van der Waals surface area (Å²) >= 11 is 0. The largest absolute Gasteiger partial charge is 0.466 e. The van der Waals surface area contributed by atoms with E-state index in [4.69, 9.17) is 15.0 Å². The highest BCUT2D eigenvalue weighted by molar-refractivity contribution is 5.69. The topological polar surface area (TPSA) is 84.3 Å². The number of rotatable bonds is 9. The maximum atomic E-state index is 11.6. The minimum atomic E-state index is -0.260. The van der Waals surface area contributed by atoms with Crippen LogP contribution < -0.4 is 4.74 Å². The molecule has 148 valence electrons. The second-order valence-corrected chi connectivity index (χ2v) is 6.65. The Kier molecular flexibility index (Phi) is 7.90. The third kappa shape index (κ3) is 6.03. The van der Waals surface area contributed by atoms with E-state index in [9.17, 15) is 4.79 Å². The zero-order valence-electron chi connectivity index (χ0n) is 16.9. The first-order valence-electron chi connectivity index (χ1n) is 9.57. The number of nitrogens with zero attached hydrogens (tertiary/aromatic N) is 3. The van der Waals surface area contributed by atoms with E-state index in [1.807, 2.05) is 57.2 Å². The monoisotopic (exact) mass is 381 g/mol. The van der Waals surface area contributed by atoms with Gasteiger partial charge in [-0.05, 0) is 78.7 Å². The van der Waals surface area contributed by atoms with E-state index in [-0.39, 0.29) is 12.0 Å². The van der Waals surface area contributed by atoms with Crippen molar-refractivity contribution >= 4 is 5.97 Å². The van der Waals surface area contributed by atoms with Crippen molar-refractivity contribution in [2.45, 2.75) is 53.0 Å². The van der Waals surface area contributed by atoms with Crippen molar-refractivity contribution in [3.8, 4) is 11.5 Å². The molecule has 0 bridgehead atoms. The molecular weight excluding hydrogens is 354 g/mol. The van der Waals surface area contributed by atoms with E-state index < -0.39 is 0 Å². The van der Waals surface area contributed by atoms with Crippen LogP contribution in [0.15, 0.2) is 41.5 Å². The Balaban J connectivity index is 2.18. The van der Waals surface area contributed by atoms with Crippen LogP contribution in [0.3, 0.4) is 0 Å². The third-order valence-corrected chi connectivity index (χ3v) is 4.48. The molecule has 2 rings (SSSR count). The molecule has 2 aromatic rings. The van der Waals surface area contributed by atoms with E-state index in [0.29, 0.717) is 25.2 Å². The van der Waals surface area contributed by atoms with E-state index in [1.165, 1.54) is 0 Å². The van der Waals surface area contributed by atoms with Crippen LogP contribution >= 0.6 is 0 Å². The molecule has 0 aliphatic heterocycles. The molecule has 0 amide bonds. The second-order valence-electron chi connectivity index (χ2n) is 6.65. The first kappa shape index (κ1) is 21.3. The highest BCUT2D eigenvalue weighted by Gasteiger charge is 2.10. The lowest BCUT2D eigenvalue weighted by Gasteiger charge is -2.14. The molecule has 6 nitrogen and oxygen atoms in total. The summed E-state index contributed by atoms with van der Waals surface area (Å²) < 4.78 is 11.1. The van der Waals surface area contributed by atoms with Crippen molar-refractivity contribution in [2.24, 2.45) is 5.11 Å². The van der Waals surface area contributed by atoms with Crippen LogP contribution in [0.25, 0.3) is 10.4 Å². The van der Waals surface area contributed by atoms with Gasteiger partial charge in [0.25, 0.3) is 0 Å². The van der Waals surface area contributed by atoms with Gasteiger partial charge in [0.1, 0.15) is 11.5 Å². The molecule has 0 aliphatic carbocycles. The number of benzene rings is 2. The van der Waals surface area contributed by atoms with Gasteiger partial charge in [-0.2, -0.15) is 0 Å². The molecule has 2 aromatic carbocycles. The van der Waals surface area contributed by atoms with Gasteiger partial charge in [-0.25, -0.2) is 0 Å². The lowest BCUT2D eigenvalue weighted by Crippen LogP contribution is -2.06. The molecule has 1 atom stereocenters. The summed E-state index contributed by atoms with van der Waals surface area (Å²) in [6.07, 6.45) is 1.88. The fourth-order valence-corrected chi connectivity index (χ4v) is 3.07. The number of aryl methyl sites for hydroxylation is 3. The predicted molar refractivity (Wildman–Crippen MR) is 110 cm³/mol. The molecule has 0 radical (unpaired) electrons. The molecule has 1 unspecified atom stereocenters. The Morgan fingerprint density at radius 2 is 1.93 bits per heavy atom. The summed E-state index contributed by atoms with van der Waals surface area (Å²) in [6, 6.07) is 11.5. The minimum Gasteiger partial charge on any atom is -0.466 e.